The number of benzene rings is 3. The van der Waals surface area contributed by atoms with E-state index in [1.807, 2.05) is 103 Å². The lowest BCUT2D eigenvalue weighted by atomic mass is 9.99. The molecule has 0 aliphatic heterocycles. The van der Waals surface area contributed by atoms with Gasteiger partial charge in [-0.25, -0.2) is 0 Å². The van der Waals surface area contributed by atoms with Gasteiger partial charge in [0, 0.05) is 41.8 Å². The molecule has 148 valence electrons. The smallest absolute Gasteiger partial charge is 0.256 e. The van der Waals surface area contributed by atoms with Crippen LogP contribution >= 0.6 is 0 Å². The topological polar surface area (TPSA) is 54.0 Å². The second-order valence-electron chi connectivity index (χ2n) is 6.94. The normalized spacial score (nSPS) is 10.4. The van der Waals surface area contributed by atoms with Crippen LogP contribution in [-0.4, -0.2) is 17.4 Å². The van der Waals surface area contributed by atoms with Crippen LogP contribution in [0.1, 0.15) is 16.1 Å². The van der Waals surface area contributed by atoms with Crippen molar-refractivity contribution in [3.63, 3.8) is 0 Å². The third kappa shape index (κ3) is 4.92. The van der Waals surface area contributed by atoms with Crippen LogP contribution in [0.4, 0.5) is 11.4 Å². The van der Waals surface area contributed by atoms with Gasteiger partial charge in [-0.05, 0) is 53.6 Å². The molecule has 30 heavy (non-hydrogen) atoms. The van der Waals surface area contributed by atoms with Crippen molar-refractivity contribution in [3.8, 4) is 11.1 Å². The molecule has 0 fully saturated rings. The van der Waals surface area contributed by atoms with Gasteiger partial charge < -0.3 is 10.6 Å². The minimum Gasteiger partial charge on any atom is -0.385 e. The lowest BCUT2D eigenvalue weighted by Gasteiger charge is -2.11. The molecule has 1 heterocycles. The molecular formula is C26H23N3O. The Morgan fingerprint density at radius 3 is 2.20 bits per heavy atom. The maximum atomic E-state index is 12.9. The second kappa shape index (κ2) is 9.52. The molecule has 4 heteroatoms. The molecule has 0 atom stereocenters. The van der Waals surface area contributed by atoms with Gasteiger partial charge >= 0.3 is 0 Å². The monoisotopic (exact) mass is 393 g/mol. The number of hydrogen-bond acceptors (Lipinski definition) is 3. The highest BCUT2D eigenvalue weighted by atomic mass is 16.1. The summed E-state index contributed by atoms with van der Waals surface area (Å²) in [7, 11) is 0. The van der Waals surface area contributed by atoms with Crippen molar-refractivity contribution in [1.29, 1.82) is 0 Å². The predicted octanol–water partition coefficient (Wildman–Crippen LogP) is 5.66. The molecule has 0 spiro atoms. The molecule has 0 saturated carbocycles. The molecule has 0 bridgehead atoms. The quantitative estimate of drug-likeness (QED) is 0.426. The van der Waals surface area contributed by atoms with Crippen LogP contribution in [0.3, 0.4) is 0 Å². The number of nitrogens with zero attached hydrogens (tertiary/aromatic N) is 1. The largest absolute Gasteiger partial charge is 0.385 e. The number of carbonyl (C=O) groups is 1. The Morgan fingerprint density at radius 1 is 0.733 bits per heavy atom. The Morgan fingerprint density at radius 2 is 1.43 bits per heavy atom. The van der Waals surface area contributed by atoms with Gasteiger partial charge in [0.05, 0.1) is 0 Å². The molecule has 2 N–H and O–H groups in total. The minimum atomic E-state index is -0.120. The van der Waals surface area contributed by atoms with Crippen molar-refractivity contribution in [2.24, 2.45) is 0 Å². The first-order chi connectivity index (χ1) is 14.8. The lowest BCUT2D eigenvalue weighted by Crippen LogP contribution is -2.13. The van der Waals surface area contributed by atoms with Gasteiger partial charge in [-0.15, -0.1) is 0 Å². The fourth-order valence-corrected chi connectivity index (χ4v) is 3.30. The van der Waals surface area contributed by atoms with E-state index >= 15 is 0 Å². The van der Waals surface area contributed by atoms with E-state index in [0.29, 0.717) is 5.56 Å². The van der Waals surface area contributed by atoms with E-state index in [1.54, 1.807) is 0 Å². The van der Waals surface area contributed by atoms with Gasteiger partial charge in [-0.1, -0.05) is 54.6 Å². The van der Waals surface area contributed by atoms with E-state index in [0.717, 1.165) is 41.2 Å². The number of pyridine rings is 1. The number of anilines is 2. The van der Waals surface area contributed by atoms with Crippen LogP contribution in [0.15, 0.2) is 103 Å². The average molecular weight is 393 g/mol. The third-order valence-corrected chi connectivity index (χ3v) is 4.84. The van der Waals surface area contributed by atoms with Gasteiger partial charge in [0.2, 0.25) is 0 Å². The number of amides is 1. The number of hydrogen-bond donors (Lipinski definition) is 2. The molecule has 0 radical (unpaired) electrons. The SMILES string of the molecule is O=C(Nc1ccc(NCCc2ccccn2)cc1)c1ccccc1-c1ccccc1. The van der Waals surface area contributed by atoms with Crippen molar-refractivity contribution >= 4 is 17.3 Å². The van der Waals surface area contributed by atoms with Crippen molar-refractivity contribution in [2.75, 3.05) is 17.2 Å². The zero-order valence-electron chi connectivity index (χ0n) is 16.6. The predicted molar refractivity (Wildman–Crippen MR) is 123 cm³/mol. The lowest BCUT2D eigenvalue weighted by molar-refractivity contribution is 0.102. The molecule has 0 aliphatic carbocycles. The number of nitrogens with one attached hydrogen (secondary N) is 2. The fraction of sp³-hybridized carbons (Fsp3) is 0.0769. The number of aromatic nitrogens is 1. The second-order valence-corrected chi connectivity index (χ2v) is 6.94. The Bertz CT molecular complexity index is 1090. The van der Waals surface area contributed by atoms with E-state index in [9.17, 15) is 4.79 Å². The van der Waals surface area contributed by atoms with Gasteiger partial charge in [0.1, 0.15) is 0 Å². The Balaban J connectivity index is 1.39. The Labute approximate surface area is 176 Å². The van der Waals surface area contributed by atoms with Crippen molar-refractivity contribution < 1.29 is 4.79 Å². The van der Waals surface area contributed by atoms with Gasteiger partial charge in [-0.3, -0.25) is 9.78 Å². The first-order valence-corrected chi connectivity index (χ1v) is 9.99. The highest BCUT2D eigenvalue weighted by Crippen LogP contribution is 2.24. The molecule has 1 aromatic heterocycles. The standard InChI is InChI=1S/C26H23N3O/c30-26(25-12-5-4-11-24(25)20-8-2-1-3-9-20)29-23-15-13-22(14-16-23)28-19-17-21-10-6-7-18-27-21/h1-16,18,28H,17,19H2,(H,29,30). The summed E-state index contributed by atoms with van der Waals surface area (Å²) in [5.74, 6) is -0.120. The minimum absolute atomic E-state index is 0.120. The van der Waals surface area contributed by atoms with Crippen molar-refractivity contribution in [1.82, 2.24) is 4.98 Å². The summed E-state index contributed by atoms with van der Waals surface area (Å²) in [4.78, 5) is 17.2. The Kier molecular flexibility index (Phi) is 6.16. The first-order valence-electron chi connectivity index (χ1n) is 9.99. The molecule has 0 aliphatic rings. The highest BCUT2D eigenvalue weighted by molar-refractivity contribution is 6.08. The van der Waals surface area contributed by atoms with Crippen LogP contribution in [0, 0.1) is 0 Å². The van der Waals surface area contributed by atoms with Gasteiger partial charge in [-0.2, -0.15) is 0 Å². The van der Waals surface area contributed by atoms with Gasteiger partial charge in [0.15, 0.2) is 0 Å². The van der Waals surface area contributed by atoms with Gasteiger partial charge in [0.25, 0.3) is 5.91 Å². The van der Waals surface area contributed by atoms with Crippen molar-refractivity contribution in [3.05, 3.63) is 115 Å². The molecule has 1 amide bonds. The van der Waals surface area contributed by atoms with E-state index in [2.05, 4.69) is 15.6 Å². The highest BCUT2D eigenvalue weighted by Gasteiger charge is 2.12. The van der Waals surface area contributed by atoms with Crippen LogP contribution < -0.4 is 10.6 Å². The van der Waals surface area contributed by atoms with E-state index in [-0.39, 0.29) is 5.91 Å². The average Bonchev–Trinajstić information content (AvgIpc) is 2.81. The number of carbonyl (C=O) groups excluding carboxylic acids is 1. The summed E-state index contributed by atoms with van der Waals surface area (Å²) in [5, 5.41) is 6.38. The Hall–Kier alpha value is -3.92. The zero-order valence-corrected chi connectivity index (χ0v) is 16.6. The summed E-state index contributed by atoms with van der Waals surface area (Å²) in [6, 6.07) is 31.3. The third-order valence-electron chi connectivity index (χ3n) is 4.84. The summed E-state index contributed by atoms with van der Waals surface area (Å²) in [5.41, 5.74) is 5.43. The zero-order chi connectivity index (χ0) is 20.6. The molecule has 3 aromatic carbocycles. The molecule has 4 rings (SSSR count). The fourth-order valence-electron chi connectivity index (χ4n) is 3.30. The molecular weight excluding hydrogens is 370 g/mol. The van der Waals surface area contributed by atoms with E-state index in [1.165, 1.54) is 0 Å². The molecule has 0 unspecified atom stereocenters. The van der Waals surface area contributed by atoms with Crippen LogP contribution in [0.5, 0.6) is 0 Å². The molecule has 0 saturated heterocycles. The summed E-state index contributed by atoms with van der Waals surface area (Å²) in [6.07, 6.45) is 2.67. The van der Waals surface area contributed by atoms with E-state index < -0.39 is 0 Å². The summed E-state index contributed by atoms with van der Waals surface area (Å²) in [6.45, 7) is 0.799. The number of rotatable bonds is 7. The van der Waals surface area contributed by atoms with Crippen LogP contribution in [0.2, 0.25) is 0 Å². The summed E-state index contributed by atoms with van der Waals surface area (Å²) < 4.78 is 0. The first kappa shape index (κ1) is 19.4. The van der Waals surface area contributed by atoms with E-state index in [4.69, 9.17) is 0 Å². The van der Waals surface area contributed by atoms with Crippen LogP contribution in [0.25, 0.3) is 11.1 Å². The van der Waals surface area contributed by atoms with Crippen LogP contribution in [-0.2, 0) is 6.42 Å². The maximum absolute atomic E-state index is 12.9. The maximum Gasteiger partial charge on any atom is 0.256 e. The summed E-state index contributed by atoms with van der Waals surface area (Å²) >= 11 is 0. The molecule has 4 nitrogen and oxygen atoms in total. The van der Waals surface area contributed by atoms with Crippen molar-refractivity contribution in [2.45, 2.75) is 6.42 Å². The molecule has 4 aromatic rings.